The highest BCUT2D eigenvalue weighted by molar-refractivity contribution is 5.96. The summed E-state index contributed by atoms with van der Waals surface area (Å²) in [4.78, 5) is 13.8. The topological polar surface area (TPSA) is 35.5 Å². The molecule has 5 fully saturated rings. The third-order valence-electron chi connectivity index (χ3n) is 12.6. The Morgan fingerprint density at radius 3 is 1.23 bits per heavy atom. The van der Waals surface area contributed by atoms with E-state index in [1.807, 2.05) is 0 Å². The molecule has 3 nitrogen and oxygen atoms in total. The van der Waals surface area contributed by atoms with Gasteiger partial charge in [-0.1, -0.05) is 39.5 Å². The van der Waals surface area contributed by atoms with E-state index in [0.717, 1.165) is 42.7 Å². The van der Waals surface area contributed by atoms with Gasteiger partial charge in [-0.3, -0.25) is 4.79 Å². The largest absolute Gasteiger partial charge is 0.378 e. The fourth-order valence-corrected chi connectivity index (χ4v) is 10.1. The number of ether oxygens (including phenoxy) is 2. The van der Waals surface area contributed by atoms with Crippen molar-refractivity contribution in [3.05, 3.63) is 0 Å². The Morgan fingerprint density at radius 2 is 0.897 bits per heavy atom. The molecule has 2 spiro atoms. The molecule has 5 rings (SSSR count). The molecule has 0 saturated heterocycles. The quantitative estimate of drug-likeness (QED) is 0.230. The van der Waals surface area contributed by atoms with Crippen LogP contribution in [0.1, 0.15) is 162 Å². The molecule has 0 aromatic rings. The maximum absolute atomic E-state index is 13.8. The Hall–Kier alpha value is -0.410. The summed E-state index contributed by atoms with van der Waals surface area (Å²) < 4.78 is 12.4. The molecule has 0 radical (unpaired) electrons. The Balaban J connectivity index is 0.984. The van der Waals surface area contributed by atoms with E-state index in [1.165, 1.54) is 148 Å². The van der Waals surface area contributed by atoms with Crippen molar-refractivity contribution >= 4 is 5.78 Å². The van der Waals surface area contributed by atoms with Crippen molar-refractivity contribution < 1.29 is 14.3 Å². The normalized spacial score (nSPS) is 41.1. The van der Waals surface area contributed by atoms with Crippen molar-refractivity contribution in [2.45, 2.75) is 174 Å². The molecule has 5 aliphatic carbocycles. The first kappa shape index (κ1) is 30.1. The summed E-state index contributed by atoms with van der Waals surface area (Å²) in [5.74, 6) is 4.27. The second-order valence-corrected chi connectivity index (χ2v) is 15.0. The monoisotopic (exact) mass is 542 g/mol. The molecule has 0 aliphatic heterocycles. The van der Waals surface area contributed by atoms with Crippen LogP contribution < -0.4 is 0 Å². The van der Waals surface area contributed by atoms with Crippen LogP contribution in [0.4, 0.5) is 0 Å². The second-order valence-electron chi connectivity index (χ2n) is 15.0. The summed E-state index contributed by atoms with van der Waals surface area (Å²) in [5, 5.41) is 0. The molecule has 0 aromatic heterocycles. The van der Waals surface area contributed by atoms with Crippen LogP contribution in [0, 0.1) is 34.5 Å². The molecule has 0 aromatic carbocycles. The van der Waals surface area contributed by atoms with Gasteiger partial charge in [0, 0.05) is 24.0 Å². The lowest BCUT2D eigenvalue weighted by atomic mass is 9.42. The fourth-order valence-electron chi connectivity index (χ4n) is 10.1. The molecule has 3 heteroatoms. The summed E-state index contributed by atoms with van der Waals surface area (Å²) in [5.41, 5.74) is 0.187. The van der Waals surface area contributed by atoms with Gasteiger partial charge in [-0.2, -0.15) is 0 Å². The van der Waals surface area contributed by atoms with Gasteiger partial charge in [0.25, 0.3) is 0 Å². The average Bonchev–Trinajstić information content (AvgIpc) is 2.99. The standard InChI is InChI=1S/C36H62O3/c1-3-5-7-25-38-32-13-9-28(10-14-32)30-17-21-35(22-18-30)27-36(34(35)37)23-19-31(20-24-36)29-11-15-33(16-12-29)39-26-8-6-4-2/h28-33H,3-27H2,1-2H3/t28-,29-,30?,31?,32-,33-,35?,36?. The van der Waals surface area contributed by atoms with Gasteiger partial charge in [-0.05, 0) is 146 Å². The molecule has 0 atom stereocenters. The van der Waals surface area contributed by atoms with Gasteiger partial charge in [0.2, 0.25) is 0 Å². The number of hydrogen-bond donors (Lipinski definition) is 0. The van der Waals surface area contributed by atoms with Gasteiger partial charge in [0.1, 0.15) is 5.78 Å². The second kappa shape index (κ2) is 14.2. The van der Waals surface area contributed by atoms with Crippen molar-refractivity contribution in [1.29, 1.82) is 0 Å². The first-order chi connectivity index (χ1) is 19.1. The predicted molar refractivity (Wildman–Crippen MR) is 161 cm³/mol. The summed E-state index contributed by atoms with van der Waals surface area (Å²) in [7, 11) is 0. The van der Waals surface area contributed by atoms with E-state index in [1.54, 1.807) is 0 Å². The van der Waals surface area contributed by atoms with E-state index in [0.29, 0.717) is 12.2 Å². The van der Waals surface area contributed by atoms with Crippen LogP contribution in [0.2, 0.25) is 0 Å². The Morgan fingerprint density at radius 1 is 0.538 bits per heavy atom. The van der Waals surface area contributed by atoms with E-state index in [2.05, 4.69) is 13.8 Å². The fraction of sp³-hybridized carbons (Fsp3) is 0.972. The van der Waals surface area contributed by atoms with Crippen LogP contribution >= 0.6 is 0 Å². The van der Waals surface area contributed by atoms with Gasteiger partial charge in [0.15, 0.2) is 0 Å². The highest BCUT2D eigenvalue weighted by Gasteiger charge is 2.63. The third-order valence-corrected chi connectivity index (χ3v) is 12.6. The Labute approximate surface area is 241 Å². The lowest BCUT2D eigenvalue weighted by Gasteiger charge is -2.60. The van der Waals surface area contributed by atoms with Gasteiger partial charge in [0.05, 0.1) is 12.2 Å². The lowest BCUT2D eigenvalue weighted by molar-refractivity contribution is -0.170. The first-order valence-electron chi connectivity index (χ1n) is 17.9. The zero-order chi connectivity index (χ0) is 27.1. The minimum atomic E-state index is 0.0934. The van der Waals surface area contributed by atoms with Crippen molar-refractivity contribution in [3.63, 3.8) is 0 Å². The van der Waals surface area contributed by atoms with Crippen LogP contribution in [-0.4, -0.2) is 31.2 Å². The predicted octanol–water partition coefficient (Wildman–Crippen LogP) is 9.84. The number of carbonyl (C=O) groups excluding carboxylic acids is 1. The maximum Gasteiger partial charge on any atom is 0.145 e. The molecule has 0 bridgehead atoms. The van der Waals surface area contributed by atoms with Crippen LogP contribution in [-0.2, 0) is 14.3 Å². The number of hydrogen-bond acceptors (Lipinski definition) is 3. The van der Waals surface area contributed by atoms with Crippen LogP contribution in [0.3, 0.4) is 0 Å². The molecule has 0 heterocycles. The molecule has 5 aliphatic rings. The number of rotatable bonds is 12. The van der Waals surface area contributed by atoms with Gasteiger partial charge in [-0.25, -0.2) is 0 Å². The third kappa shape index (κ3) is 7.15. The zero-order valence-electron chi connectivity index (χ0n) is 25.9. The molecular formula is C36H62O3. The minimum absolute atomic E-state index is 0.0934. The number of ketones is 1. The van der Waals surface area contributed by atoms with Gasteiger partial charge >= 0.3 is 0 Å². The van der Waals surface area contributed by atoms with E-state index in [4.69, 9.17) is 9.47 Å². The highest BCUT2D eigenvalue weighted by atomic mass is 16.5. The molecular weight excluding hydrogens is 480 g/mol. The Kier molecular flexibility index (Phi) is 10.9. The van der Waals surface area contributed by atoms with Crippen molar-refractivity contribution in [2.24, 2.45) is 34.5 Å². The summed E-state index contributed by atoms with van der Waals surface area (Å²) in [6.45, 7) is 6.46. The summed E-state index contributed by atoms with van der Waals surface area (Å²) in [6, 6.07) is 0. The molecule has 39 heavy (non-hydrogen) atoms. The molecule has 0 N–H and O–H groups in total. The number of unbranched alkanes of at least 4 members (excludes halogenated alkanes) is 4. The van der Waals surface area contributed by atoms with Gasteiger partial charge < -0.3 is 9.47 Å². The van der Waals surface area contributed by atoms with Crippen LogP contribution in [0.15, 0.2) is 0 Å². The Bertz CT molecular complexity index is 668. The number of carbonyl (C=O) groups is 1. The van der Waals surface area contributed by atoms with Crippen molar-refractivity contribution in [2.75, 3.05) is 13.2 Å². The smallest absolute Gasteiger partial charge is 0.145 e. The average molecular weight is 543 g/mol. The van der Waals surface area contributed by atoms with Crippen molar-refractivity contribution in [3.8, 4) is 0 Å². The molecule has 224 valence electrons. The lowest BCUT2D eigenvalue weighted by Crippen LogP contribution is -2.60. The number of Topliss-reactive ketones (excluding diaryl/α,β-unsaturated/α-hetero) is 1. The maximum atomic E-state index is 13.8. The van der Waals surface area contributed by atoms with E-state index in [-0.39, 0.29) is 10.8 Å². The molecule has 5 saturated carbocycles. The van der Waals surface area contributed by atoms with E-state index >= 15 is 0 Å². The van der Waals surface area contributed by atoms with E-state index in [9.17, 15) is 4.79 Å². The minimum Gasteiger partial charge on any atom is -0.378 e. The van der Waals surface area contributed by atoms with Gasteiger partial charge in [-0.15, -0.1) is 0 Å². The zero-order valence-corrected chi connectivity index (χ0v) is 25.9. The van der Waals surface area contributed by atoms with Crippen LogP contribution in [0.5, 0.6) is 0 Å². The SMILES string of the molecule is CCCCCO[C@H]1CC[C@H](C2CCC3(CC2)CC2(CCC([C@H]4CC[C@H](OCCCCC)CC4)CC2)C3=O)CC1. The van der Waals surface area contributed by atoms with Crippen LogP contribution in [0.25, 0.3) is 0 Å². The molecule has 0 amide bonds. The highest BCUT2D eigenvalue weighted by Crippen LogP contribution is 2.65. The van der Waals surface area contributed by atoms with E-state index < -0.39 is 0 Å². The summed E-state index contributed by atoms with van der Waals surface area (Å²) in [6.07, 6.45) is 30.6. The summed E-state index contributed by atoms with van der Waals surface area (Å²) >= 11 is 0. The van der Waals surface area contributed by atoms with Crippen molar-refractivity contribution in [1.82, 2.24) is 0 Å². The molecule has 0 unspecified atom stereocenters. The first-order valence-corrected chi connectivity index (χ1v) is 17.9.